The molecule has 2 N–H and O–H groups in total. The number of guanidine groups is 1. The van der Waals surface area contributed by atoms with Crippen LogP contribution in [-0.4, -0.2) is 51.4 Å². The number of pyridine rings is 1. The maximum Gasteiger partial charge on any atom is 0.242 e. The Labute approximate surface area is 159 Å². The van der Waals surface area contributed by atoms with Crippen molar-refractivity contribution in [2.75, 3.05) is 27.2 Å². The molecular formula is C17H22ClN5O2S. The second kappa shape index (κ2) is 9.51. The molecule has 0 spiro atoms. The van der Waals surface area contributed by atoms with Gasteiger partial charge in [-0.1, -0.05) is 23.7 Å². The first-order valence-electron chi connectivity index (χ1n) is 7.98. The Morgan fingerprint density at radius 3 is 2.73 bits per heavy atom. The molecule has 7 nitrogen and oxygen atoms in total. The van der Waals surface area contributed by atoms with Gasteiger partial charge in [-0.25, -0.2) is 13.1 Å². The first-order valence-corrected chi connectivity index (χ1v) is 9.84. The second-order valence-corrected chi connectivity index (χ2v) is 7.75. The van der Waals surface area contributed by atoms with E-state index in [4.69, 9.17) is 11.6 Å². The van der Waals surface area contributed by atoms with Crippen LogP contribution in [0, 0.1) is 0 Å². The summed E-state index contributed by atoms with van der Waals surface area (Å²) >= 11 is 6.00. The molecule has 0 aliphatic rings. The zero-order chi connectivity index (χ0) is 19.0. The standard InChI is InChI=1S/C17H22ClN5O2S/c1-19-17(23(2)13-14-5-3-6-15(18)11-14)21-9-10-22-26(24,25)16-7-4-8-20-12-16/h3-8,11-12,22H,9-10,13H2,1-2H3,(H,19,21). The van der Waals surface area contributed by atoms with E-state index in [1.807, 2.05) is 36.2 Å². The van der Waals surface area contributed by atoms with Gasteiger partial charge in [0, 0.05) is 51.1 Å². The average Bonchev–Trinajstić information content (AvgIpc) is 2.62. The first-order chi connectivity index (χ1) is 12.4. The molecule has 0 atom stereocenters. The van der Waals surface area contributed by atoms with Crippen molar-refractivity contribution < 1.29 is 8.42 Å². The Kier molecular flexibility index (Phi) is 7.38. The highest BCUT2D eigenvalue weighted by atomic mass is 35.5. The van der Waals surface area contributed by atoms with Crippen molar-refractivity contribution in [2.45, 2.75) is 11.4 Å². The van der Waals surface area contributed by atoms with Crippen LogP contribution in [0.2, 0.25) is 5.02 Å². The third-order valence-electron chi connectivity index (χ3n) is 3.53. The maximum atomic E-state index is 12.1. The van der Waals surface area contributed by atoms with Crippen LogP contribution in [0.1, 0.15) is 5.56 Å². The van der Waals surface area contributed by atoms with E-state index in [0.717, 1.165) is 5.56 Å². The van der Waals surface area contributed by atoms with E-state index in [1.54, 1.807) is 13.1 Å². The third-order valence-corrected chi connectivity index (χ3v) is 5.21. The highest BCUT2D eigenvalue weighted by Crippen LogP contribution is 2.12. The number of hydrogen-bond donors (Lipinski definition) is 2. The Bertz CT molecular complexity index is 843. The minimum absolute atomic E-state index is 0.141. The summed E-state index contributed by atoms with van der Waals surface area (Å²) in [5.41, 5.74) is 1.06. The predicted octanol–water partition coefficient (Wildman–Crippen LogP) is 1.72. The normalized spacial score (nSPS) is 12.0. The van der Waals surface area contributed by atoms with Gasteiger partial charge in [0.25, 0.3) is 0 Å². The van der Waals surface area contributed by atoms with Crippen molar-refractivity contribution in [3.63, 3.8) is 0 Å². The summed E-state index contributed by atoms with van der Waals surface area (Å²) in [4.78, 5) is 10.1. The lowest BCUT2D eigenvalue weighted by atomic mass is 10.2. The predicted molar refractivity (Wildman–Crippen MR) is 104 cm³/mol. The van der Waals surface area contributed by atoms with E-state index >= 15 is 0 Å². The highest BCUT2D eigenvalue weighted by molar-refractivity contribution is 7.89. The molecule has 2 aromatic rings. The molecule has 0 aliphatic carbocycles. The molecule has 26 heavy (non-hydrogen) atoms. The van der Waals surface area contributed by atoms with Gasteiger partial charge >= 0.3 is 0 Å². The summed E-state index contributed by atoms with van der Waals surface area (Å²) in [6.07, 6.45) is 2.84. The zero-order valence-corrected chi connectivity index (χ0v) is 16.3. The molecule has 0 fully saturated rings. The zero-order valence-electron chi connectivity index (χ0n) is 14.7. The van der Waals surface area contributed by atoms with Crippen LogP contribution in [0.4, 0.5) is 0 Å². The fourth-order valence-corrected chi connectivity index (χ4v) is 3.53. The Morgan fingerprint density at radius 1 is 1.27 bits per heavy atom. The minimum Gasteiger partial charge on any atom is -0.355 e. The lowest BCUT2D eigenvalue weighted by Gasteiger charge is -2.22. The van der Waals surface area contributed by atoms with Gasteiger partial charge in [0.15, 0.2) is 5.96 Å². The van der Waals surface area contributed by atoms with Crippen LogP contribution in [0.25, 0.3) is 0 Å². The molecule has 0 saturated heterocycles. The molecular weight excluding hydrogens is 374 g/mol. The summed E-state index contributed by atoms with van der Waals surface area (Å²) in [5.74, 6) is 0.658. The number of aliphatic imine (C=N–C) groups is 1. The van der Waals surface area contributed by atoms with E-state index in [-0.39, 0.29) is 11.4 Å². The van der Waals surface area contributed by atoms with E-state index in [2.05, 4.69) is 20.0 Å². The molecule has 140 valence electrons. The quantitative estimate of drug-likeness (QED) is 0.423. The highest BCUT2D eigenvalue weighted by Gasteiger charge is 2.13. The molecule has 9 heteroatoms. The third kappa shape index (κ3) is 5.98. The van der Waals surface area contributed by atoms with Crippen LogP contribution in [-0.2, 0) is 16.6 Å². The van der Waals surface area contributed by atoms with Crippen LogP contribution in [0.3, 0.4) is 0 Å². The molecule has 0 radical (unpaired) electrons. The number of benzene rings is 1. The molecule has 2 rings (SSSR count). The van der Waals surface area contributed by atoms with Gasteiger partial charge in [-0.05, 0) is 29.8 Å². The number of rotatable bonds is 7. The van der Waals surface area contributed by atoms with Crippen LogP contribution >= 0.6 is 11.6 Å². The molecule has 0 aliphatic heterocycles. The van der Waals surface area contributed by atoms with E-state index < -0.39 is 10.0 Å². The summed E-state index contributed by atoms with van der Waals surface area (Å²) in [7, 11) is 0.0169. The van der Waals surface area contributed by atoms with E-state index in [0.29, 0.717) is 24.1 Å². The number of nitrogens with one attached hydrogen (secondary N) is 2. The van der Waals surface area contributed by atoms with Crippen molar-refractivity contribution in [3.05, 3.63) is 59.4 Å². The molecule has 1 heterocycles. The summed E-state index contributed by atoms with van der Waals surface area (Å²) in [6.45, 7) is 1.24. The van der Waals surface area contributed by atoms with Crippen molar-refractivity contribution >= 4 is 27.6 Å². The molecule has 0 saturated carbocycles. The SMILES string of the molecule is CN=C(NCCNS(=O)(=O)c1cccnc1)N(C)Cc1cccc(Cl)c1. The molecule has 0 unspecified atom stereocenters. The van der Waals surface area contributed by atoms with Gasteiger partial charge in [0.05, 0.1) is 0 Å². The summed E-state index contributed by atoms with van der Waals surface area (Å²) in [5, 5.41) is 3.81. The largest absolute Gasteiger partial charge is 0.355 e. The van der Waals surface area contributed by atoms with Gasteiger partial charge in [0.1, 0.15) is 4.90 Å². The molecule has 1 aromatic heterocycles. The number of aromatic nitrogens is 1. The van der Waals surface area contributed by atoms with Gasteiger partial charge in [0.2, 0.25) is 10.0 Å². The number of hydrogen-bond acceptors (Lipinski definition) is 4. The number of sulfonamides is 1. The maximum absolute atomic E-state index is 12.1. The smallest absolute Gasteiger partial charge is 0.242 e. The van der Waals surface area contributed by atoms with Crippen molar-refractivity contribution in [3.8, 4) is 0 Å². The van der Waals surface area contributed by atoms with E-state index in [9.17, 15) is 8.42 Å². The van der Waals surface area contributed by atoms with Gasteiger partial charge in [-0.15, -0.1) is 0 Å². The summed E-state index contributed by atoms with van der Waals surface area (Å²) < 4.78 is 26.8. The topological polar surface area (TPSA) is 86.7 Å². The monoisotopic (exact) mass is 395 g/mol. The van der Waals surface area contributed by atoms with Crippen LogP contribution in [0.5, 0.6) is 0 Å². The molecule has 0 bridgehead atoms. The van der Waals surface area contributed by atoms with Crippen molar-refractivity contribution in [1.82, 2.24) is 19.9 Å². The average molecular weight is 396 g/mol. The lowest BCUT2D eigenvalue weighted by Crippen LogP contribution is -2.42. The Morgan fingerprint density at radius 2 is 2.08 bits per heavy atom. The molecule has 0 amide bonds. The fourth-order valence-electron chi connectivity index (χ4n) is 2.32. The van der Waals surface area contributed by atoms with Crippen molar-refractivity contribution in [1.29, 1.82) is 0 Å². The fraction of sp³-hybridized carbons (Fsp3) is 0.294. The Hall–Kier alpha value is -2.16. The summed E-state index contributed by atoms with van der Waals surface area (Å²) in [6, 6.07) is 10.7. The van der Waals surface area contributed by atoms with Crippen LogP contribution < -0.4 is 10.0 Å². The Balaban J connectivity index is 1.83. The van der Waals surface area contributed by atoms with Crippen molar-refractivity contribution in [2.24, 2.45) is 4.99 Å². The minimum atomic E-state index is -3.56. The van der Waals surface area contributed by atoms with E-state index in [1.165, 1.54) is 18.5 Å². The first kappa shape index (κ1) is 20.2. The van der Waals surface area contributed by atoms with Gasteiger partial charge in [-0.3, -0.25) is 9.98 Å². The lowest BCUT2D eigenvalue weighted by molar-refractivity contribution is 0.477. The number of halogens is 1. The van der Waals surface area contributed by atoms with Gasteiger partial charge in [-0.2, -0.15) is 0 Å². The van der Waals surface area contributed by atoms with Crippen LogP contribution in [0.15, 0.2) is 58.7 Å². The second-order valence-electron chi connectivity index (χ2n) is 5.55. The van der Waals surface area contributed by atoms with Gasteiger partial charge < -0.3 is 10.2 Å². The molecule has 1 aromatic carbocycles. The number of nitrogens with zero attached hydrogens (tertiary/aromatic N) is 3.